The van der Waals surface area contributed by atoms with Gasteiger partial charge in [0.05, 0.1) is 11.7 Å². The molecule has 0 amide bonds. The van der Waals surface area contributed by atoms with Gasteiger partial charge in [-0.1, -0.05) is 49.2 Å². The van der Waals surface area contributed by atoms with Crippen LogP contribution in [0.4, 0.5) is 0 Å². The number of nitrogens with zero attached hydrogens (tertiary/aromatic N) is 2. The summed E-state index contributed by atoms with van der Waals surface area (Å²) in [7, 11) is 0. The SMILES string of the molecule is CCCCC1C=C2CC=CC(C(N)=NOCc3ccc(OC(C)C)c(C#N)c3)=C2C1. The summed E-state index contributed by atoms with van der Waals surface area (Å²) in [6.07, 6.45) is 12.3. The fourth-order valence-electron chi connectivity index (χ4n) is 3.94. The van der Waals surface area contributed by atoms with Crippen LogP contribution in [0.25, 0.3) is 0 Å². The molecule has 5 nitrogen and oxygen atoms in total. The van der Waals surface area contributed by atoms with E-state index in [0.29, 0.717) is 23.1 Å². The highest BCUT2D eigenvalue weighted by molar-refractivity contribution is 6.01. The lowest BCUT2D eigenvalue weighted by Crippen LogP contribution is -2.17. The van der Waals surface area contributed by atoms with E-state index in [1.54, 1.807) is 12.1 Å². The van der Waals surface area contributed by atoms with Crippen molar-refractivity contribution in [3.8, 4) is 11.8 Å². The lowest BCUT2D eigenvalue weighted by Gasteiger charge is -2.15. The Labute approximate surface area is 179 Å². The van der Waals surface area contributed by atoms with Gasteiger partial charge in [-0.3, -0.25) is 0 Å². The first-order chi connectivity index (χ1) is 14.5. The van der Waals surface area contributed by atoms with Gasteiger partial charge >= 0.3 is 0 Å². The number of nitriles is 1. The number of unbranched alkanes of at least 4 members (excludes halogenated alkanes) is 1. The predicted molar refractivity (Wildman–Crippen MR) is 120 cm³/mol. The fraction of sp³-hybridized carbons (Fsp3) is 0.440. The molecule has 3 rings (SSSR count). The monoisotopic (exact) mass is 405 g/mol. The van der Waals surface area contributed by atoms with Crippen molar-refractivity contribution in [1.82, 2.24) is 0 Å². The third-order valence-corrected chi connectivity index (χ3v) is 5.36. The Bertz CT molecular complexity index is 932. The molecule has 0 spiro atoms. The molecule has 0 bridgehead atoms. The number of fused-ring (bicyclic) bond motifs is 1. The molecule has 5 heteroatoms. The van der Waals surface area contributed by atoms with Gasteiger partial charge in [0.1, 0.15) is 18.4 Å². The standard InChI is InChI=1S/C25H31N3O2/c1-4-5-7-18-12-20-8-6-9-22(23(20)14-18)25(27)28-29-16-19-10-11-24(30-17(2)3)21(13-19)15-26/h6,9-13,17-18H,4-5,7-8,14,16H2,1-3H3,(H2,27,28). The maximum atomic E-state index is 9.36. The summed E-state index contributed by atoms with van der Waals surface area (Å²) in [4.78, 5) is 5.52. The Morgan fingerprint density at radius 3 is 2.93 bits per heavy atom. The number of nitrogens with two attached hydrogens (primary N) is 1. The molecule has 2 aliphatic rings. The van der Waals surface area contributed by atoms with Crippen molar-refractivity contribution in [3.63, 3.8) is 0 Å². The molecule has 30 heavy (non-hydrogen) atoms. The molecule has 1 aromatic carbocycles. The first-order valence-electron chi connectivity index (χ1n) is 10.8. The van der Waals surface area contributed by atoms with Gasteiger partial charge in [0.2, 0.25) is 0 Å². The topological polar surface area (TPSA) is 80.6 Å². The van der Waals surface area contributed by atoms with Gasteiger partial charge in [-0.2, -0.15) is 5.26 Å². The number of hydrogen-bond donors (Lipinski definition) is 1. The highest BCUT2D eigenvalue weighted by atomic mass is 16.6. The molecular weight excluding hydrogens is 374 g/mol. The Morgan fingerprint density at radius 1 is 1.37 bits per heavy atom. The van der Waals surface area contributed by atoms with Crippen LogP contribution in [0.15, 0.2) is 58.3 Å². The van der Waals surface area contributed by atoms with E-state index >= 15 is 0 Å². The van der Waals surface area contributed by atoms with Crippen LogP contribution in [0.5, 0.6) is 5.75 Å². The molecule has 1 aromatic rings. The van der Waals surface area contributed by atoms with E-state index in [0.717, 1.165) is 24.0 Å². The second-order valence-corrected chi connectivity index (χ2v) is 8.16. The zero-order valence-corrected chi connectivity index (χ0v) is 18.1. The Balaban J connectivity index is 1.66. The van der Waals surface area contributed by atoms with Crippen molar-refractivity contribution in [2.75, 3.05) is 0 Å². The summed E-state index contributed by atoms with van der Waals surface area (Å²) in [5, 5.41) is 13.5. The van der Waals surface area contributed by atoms with E-state index < -0.39 is 0 Å². The van der Waals surface area contributed by atoms with Crippen LogP contribution in [-0.2, 0) is 11.4 Å². The maximum Gasteiger partial charge on any atom is 0.170 e. The first-order valence-corrected chi connectivity index (χ1v) is 10.8. The molecule has 1 atom stereocenters. The highest BCUT2D eigenvalue weighted by Crippen LogP contribution is 2.39. The number of rotatable bonds is 9. The van der Waals surface area contributed by atoms with Crippen LogP contribution in [0.3, 0.4) is 0 Å². The normalized spacial score (nSPS) is 18.3. The summed E-state index contributed by atoms with van der Waals surface area (Å²) in [5.74, 6) is 1.59. The van der Waals surface area contributed by atoms with Gasteiger partial charge in [-0.15, -0.1) is 0 Å². The largest absolute Gasteiger partial charge is 0.490 e. The van der Waals surface area contributed by atoms with E-state index in [1.807, 2.05) is 19.9 Å². The molecule has 0 fully saturated rings. The summed E-state index contributed by atoms with van der Waals surface area (Å²) in [5.41, 5.74) is 11.3. The summed E-state index contributed by atoms with van der Waals surface area (Å²) in [6, 6.07) is 7.61. The van der Waals surface area contributed by atoms with Crippen LogP contribution in [-0.4, -0.2) is 11.9 Å². The maximum absolute atomic E-state index is 9.36. The molecule has 158 valence electrons. The van der Waals surface area contributed by atoms with E-state index in [-0.39, 0.29) is 12.7 Å². The fourth-order valence-corrected chi connectivity index (χ4v) is 3.94. The molecule has 2 N–H and O–H groups in total. The Hall–Kier alpha value is -3.00. The van der Waals surface area contributed by atoms with Crippen LogP contribution < -0.4 is 10.5 Å². The van der Waals surface area contributed by atoms with Crippen molar-refractivity contribution in [2.24, 2.45) is 16.8 Å². The Kier molecular flexibility index (Phi) is 7.35. The summed E-state index contributed by atoms with van der Waals surface area (Å²) < 4.78 is 5.66. The molecule has 0 saturated carbocycles. The third kappa shape index (κ3) is 5.33. The lowest BCUT2D eigenvalue weighted by atomic mass is 9.92. The number of oxime groups is 1. The van der Waals surface area contributed by atoms with E-state index in [2.05, 4.69) is 36.4 Å². The van der Waals surface area contributed by atoms with Gasteiger partial charge in [-0.05, 0) is 67.9 Å². The minimum absolute atomic E-state index is 0.0118. The quantitative estimate of drug-likeness (QED) is 0.333. The molecule has 0 saturated heterocycles. The van der Waals surface area contributed by atoms with E-state index in [9.17, 15) is 5.26 Å². The van der Waals surface area contributed by atoms with Crippen LogP contribution in [0.1, 0.15) is 64.0 Å². The summed E-state index contributed by atoms with van der Waals surface area (Å²) >= 11 is 0. The van der Waals surface area contributed by atoms with Gasteiger partial charge in [0.15, 0.2) is 5.84 Å². The lowest BCUT2D eigenvalue weighted by molar-refractivity contribution is 0.130. The highest BCUT2D eigenvalue weighted by Gasteiger charge is 2.25. The van der Waals surface area contributed by atoms with E-state index in [4.69, 9.17) is 15.3 Å². The molecule has 2 aliphatic carbocycles. The zero-order valence-electron chi connectivity index (χ0n) is 18.1. The zero-order chi connectivity index (χ0) is 21.5. The van der Waals surface area contributed by atoms with Crippen molar-refractivity contribution >= 4 is 5.84 Å². The number of allylic oxidation sites excluding steroid dienone is 4. The number of hydrogen-bond acceptors (Lipinski definition) is 4. The molecule has 0 aliphatic heterocycles. The van der Waals surface area contributed by atoms with E-state index in [1.165, 1.54) is 30.4 Å². The van der Waals surface area contributed by atoms with Crippen molar-refractivity contribution in [1.29, 1.82) is 5.26 Å². The van der Waals surface area contributed by atoms with Gasteiger partial charge in [0, 0.05) is 5.57 Å². The number of amidine groups is 1. The minimum atomic E-state index is 0.0118. The van der Waals surface area contributed by atoms with Crippen molar-refractivity contribution in [2.45, 2.75) is 65.6 Å². The van der Waals surface area contributed by atoms with Crippen LogP contribution >= 0.6 is 0 Å². The second-order valence-electron chi connectivity index (χ2n) is 8.16. The van der Waals surface area contributed by atoms with Gasteiger partial charge in [0.25, 0.3) is 0 Å². The van der Waals surface area contributed by atoms with Gasteiger partial charge in [-0.25, -0.2) is 0 Å². The number of benzene rings is 1. The second kappa shape index (κ2) is 10.2. The third-order valence-electron chi connectivity index (χ3n) is 5.36. The van der Waals surface area contributed by atoms with Crippen LogP contribution in [0, 0.1) is 17.2 Å². The van der Waals surface area contributed by atoms with Crippen molar-refractivity contribution < 1.29 is 9.57 Å². The van der Waals surface area contributed by atoms with Crippen molar-refractivity contribution in [3.05, 3.63) is 64.3 Å². The smallest absolute Gasteiger partial charge is 0.170 e. The van der Waals surface area contributed by atoms with Gasteiger partial charge < -0.3 is 15.3 Å². The minimum Gasteiger partial charge on any atom is -0.490 e. The molecular formula is C25H31N3O2. The van der Waals surface area contributed by atoms with Crippen LogP contribution in [0.2, 0.25) is 0 Å². The molecule has 0 radical (unpaired) electrons. The molecule has 1 unspecified atom stereocenters. The molecule has 0 aromatic heterocycles. The average molecular weight is 406 g/mol. The first kappa shape index (κ1) is 21.7. The Morgan fingerprint density at radius 2 is 2.20 bits per heavy atom. The number of ether oxygens (including phenoxy) is 1. The molecule has 0 heterocycles. The summed E-state index contributed by atoms with van der Waals surface area (Å²) in [6.45, 7) is 6.34. The average Bonchev–Trinajstić information content (AvgIpc) is 3.15. The predicted octanol–water partition coefficient (Wildman–Crippen LogP) is 5.53.